The van der Waals surface area contributed by atoms with Crippen LogP contribution in [0.25, 0.3) is 0 Å². The number of rotatable bonds is 4. The van der Waals surface area contributed by atoms with Gasteiger partial charge in [0.2, 0.25) is 5.91 Å². The van der Waals surface area contributed by atoms with E-state index in [9.17, 15) is 4.79 Å². The maximum atomic E-state index is 12.0. The highest BCUT2D eigenvalue weighted by Crippen LogP contribution is 2.17. The Balaban J connectivity index is 1.71. The molecule has 98 valence electrons. The molecule has 5 nitrogen and oxygen atoms in total. The minimum atomic E-state index is 0.00966. The average Bonchev–Trinajstić information content (AvgIpc) is 2.89. The molecule has 2 fully saturated rings. The van der Waals surface area contributed by atoms with E-state index in [4.69, 9.17) is 15.2 Å². The summed E-state index contributed by atoms with van der Waals surface area (Å²) in [5.74, 6) is 0.210. The molecule has 0 aromatic rings. The first-order chi connectivity index (χ1) is 8.29. The molecular weight excluding hydrogens is 220 g/mol. The molecule has 0 radical (unpaired) electrons. The topological polar surface area (TPSA) is 64.8 Å². The Hall–Kier alpha value is -0.650. The normalized spacial score (nSPS) is 29.6. The molecule has 0 bridgehead atoms. The molecule has 17 heavy (non-hydrogen) atoms. The Morgan fingerprint density at radius 2 is 2.12 bits per heavy atom. The Morgan fingerprint density at radius 3 is 2.82 bits per heavy atom. The summed E-state index contributed by atoms with van der Waals surface area (Å²) in [7, 11) is 0. The van der Waals surface area contributed by atoms with Crippen molar-refractivity contribution in [2.45, 2.75) is 37.9 Å². The van der Waals surface area contributed by atoms with Crippen molar-refractivity contribution in [3.63, 3.8) is 0 Å². The number of morpholine rings is 1. The Morgan fingerprint density at radius 1 is 1.29 bits per heavy atom. The molecule has 2 N–H and O–H groups in total. The molecule has 0 saturated carbocycles. The van der Waals surface area contributed by atoms with Crippen molar-refractivity contribution in [2.75, 3.05) is 32.8 Å². The molecule has 2 heterocycles. The van der Waals surface area contributed by atoms with Crippen molar-refractivity contribution >= 4 is 5.91 Å². The quantitative estimate of drug-likeness (QED) is 0.761. The number of carbonyl (C=O) groups excluding carboxylic acids is 1. The van der Waals surface area contributed by atoms with E-state index in [0.29, 0.717) is 38.8 Å². The smallest absolute Gasteiger partial charge is 0.222 e. The van der Waals surface area contributed by atoms with Gasteiger partial charge in [-0.05, 0) is 19.3 Å². The molecule has 2 saturated heterocycles. The van der Waals surface area contributed by atoms with E-state index in [2.05, 4.69) is 0 Å². The van der Waals surface area contributed by atoms with Crippen LogP contribution in [-0.2, 0) is 14.3 Å². The van der Waals surface area contributed by atoms with Gasteiger partial charge in [0.1, 0.15) is 0 Å². The fourth-order valence-electron chi connectivity index (χ4n) is 2.40. The highest BCUT2D eigenvalue weighted by molar-refractivity contribution is 5.76. The number of hydrogen-bond acceptors (Lipinski definition) is 4. The molecule has 0 spiro atoms. The zero-order valence-electron chi connectivity index (χ0n) is 10.3. The lowest BCUT2D eigenvalue weighted by atomic mass is 10.1. The summed E-state index contributed by atoms with van der Waals surface area (Å²) in [6.45, 7) is 3.27. The molecular formula is C12H22N2O3. The lowest BCUT2D eigenvalue weighted by Crippen LogP contribution is -2.48. The summed E-state index contributed by atoms with van der Waals surface area (Å²) in [5, 5.41) is 0. The first-order valence-electron chi connectivity index (χ1n) is 6.50. The van der Waals surface area contributed by atoms with Gasteiger partial charge in [-0.25, -0.2) is 0 Å². The van der Waals surface area contributed by atoms with Gasteiger partial charge in [-0.1, -0.05) is 0 Å². The summed E-state index contributed by atoms with van der Waals surface area (Å²) in [6, 6.07) is 0. The molecule has 2 atom stereocenters. The Kier molecular flexibility index (Phi) is 4.76. The monoisotopic (exact) mass is 242 g/mol. The van der Waals surface area contributed by atoms with Crippen molar-refractivity contribution in [1.29, 1.82) is 0 Å². The van der Waals surface area contributed by atoms with Crippen LogP contribution < -0.4 is 5.73 Å². The second kappa shape index (κ2) is 6.33. The van der Waals surface area contributed by atoms with Crippen molar-refractivity contribution < 1.29 is 14.3 Å². The maximum Gasteiger partial charge on any atom is 0.222 e. The lowest BCUT2D eigenvalue weighted by Gasteiger charge is -2.32. The first-order valence-corrected chi connectivity index (χ1v) is 6.50. The van der Waals surface area contributed by atoms with Crippen LogP contribution in [0.5, 0.6) is 0 Å². The van der Waals surface area contributed by atoms with Crippen LogP contribution in [0, 0.1) is 0 Å². The first kappa shape index (κ1) is 12.8. The third kappa shape index (κ3) is 3.66. The second-order valence-corrected chi connectivity index (χ2v) is 4.74. The fourth-order valence-corrected chi connectivity index (χ4v) is 2.40. The molecule has 0 aromatic heterocycles. The fraction of sp³-hybridized carbons (Fsp3) is 0.917. The SMILES string of the molecule is NCC1CN(C(=O)CCC2CCCO2)CCO1. The summed E-state index contributed by atoms with van der Waals surface area (Å²) in [6.07, 6.45) is 3.97. The predicted molar refractivity (Wildman–Crippen MR) is 63.6 cm³/mol. The molecule has 1 amide bonds. The minimum absolute atomic E-state index is 0.00966. The van der Waals surface area contributed by atoms with E-state index >= 15 is 0 Å². The van der Waals surface area contributed by atoms with E-state index in [1.165, 1.54) is 0 Å². The van der Waals surface area contributed by atoms with Crippen LogP contribution in [0.2, 0.25) is 0 Å². The largest absolute Gasteiger partial charge is 0.378 e. The summed E-state index contributed by atoms with van der Waals surface area (Å²) < 4.78 is 11.0. The van der Waals surface area contributed by atoms with Crippen LogP contribution >= 0.6 is 0 Å². The number of carbonyl (C=O) groups is 1. The molecule has 2 rings (SSSR count). The van der Waals surface area contributed by atoms with Gasteiger partial charge in [-0.15, -0.1) is 0 Å². The van der Waals surface area contributed by atoms with Crippen molar-refractivity contribution in [3.8, 4) is 0 Å². The van der Waals surface area contributed by atoms with Gasteiger partial charge < -0.3 is 20.1 Å². The Bertz CT molecular complexity index is 254. The van der Waals surface area contributed by atoms with Gasteiger partial charge in [-0.3, -0.25) is 4.79 Å². The molecule has 0 aromatic carbocycles. The highest BCUT2D eigenvalue weighted by Gasteiger charge is 2.24. The third-order valence-corrected chi connectivity index (χ3v) is 3.46. The summed E-state index contributed by atoms with van der Waals surface area (Å²) in [4.78, 5) is 13.9. The van der Waals surface area contributed by atoms with Gasteiger partial charge in [0.25, 0.3) is 0 Å². The number of hydrogen-bond donors (Lipinski definition) is 1. The van der Waals surface area contributed by atoms with Crippen LogP contribution in [-0.4, -0.2) is 55.9 Å². The molecule has 5 heteroatoms. The van der Waals surface area contributed by atoms with Crippen molar-refractivity contribution in [3.05, 3.63) is 0 Å². The van der Waals surface area contributed by atoms with E-state index < -0.39 is 0 Å². The molecule has 0 aliphatic carbocycles. The molecule has 2 aliphatic rings. The molecule has 2 unspecified atom stereocenters. The van der Waals surface area contributed by atoms with Crippen molar-refractivity contribution in [2.24, 2.45) is 5.73 Å². The van der Waals surface area contributed by atoms with Gasteiger partial charge in [0.05, 0.1) is 18.8 Å². The van der Waals surface area contributed by atoms with E-state index in [1.54, 1.807) is 0 Å². The maximum absolute atomic E-state index is 12.0. The zero-order chi connectivity index (χ0) is 12.1. The minimum Gasteiger partial charge on any atom is -0.378 e. The van der Waals surface area contributed by atoms with E-state index in [0.717, 1.165) is 25.9 Å². The zero-order valence-corrected chi connectivity index (χ0v) is 10.3. The van der Waals surface area contributed by atoms with Crippen LogP contribution in [0.4, 0.5) is 0 Å². The number of amides is 1. The van der Waals surface area contributed by atoms with Gasteiger partial charge in [0.15, 0.2) is 0 Å². The second-order valence-electron chi connectivity index (χ2n) is 4.74. The van der Waals surface area contributed by atoms with Crippen LogP contribution in [0.1, 0.15) is 25.7 Å². The van der Waals surface area contributed by atoms with E-state index in [1.807, 2.05) is 4.90 Å². The van der Waals surface area contributed by atoms with Crippen molar-refractivity contribution in [1.82, 2.24) is 4.90 Å². The third-order valence-electron chi connectivity index (χ3n) is 3.46. The predicted octanol–water partition coefficient (Wildman–Crippen LogP) is 0.132. The number of nitrogens with zero attached hydrogens (tertiary/aromatic N) is 1. The Labute approximate surface area is 102 Å². The summed E-state index contributed by atoms with van der Waals surface area (Å²) in [5.41, 5.74) is 5.56. The average molecular weight is 242 g/mol. The van der Waals surface area contributed by atoms with Gasteiger partial charge in [0, 0.05) is 32.7 Å². The molecule has 2 aliphatic heterocycles. The van der Waals surface area contributed by atoms with E-state index in [-0.39, 0.29) is 12.0 Å². The summed E-state index contributed by atoms with van der Waals surface area (Å²) >= 11 is 0. The number of ether oxygens (including phenoxy) is 2. The standard InChI is InChI=1S/C12H22N2O3/c13-8-11-9-14(5-7-17-11)12(15)4-3-10-2-1-6-16-10/h10-11H,1-9,13H2. The number of nitrogens with two attached hydrogens (primary N) is 1. The van der Waals surface area contributed by atoms with Crippen LogP contribution in [0.15, 0.2) is 0 Å². The van der Waals surface area contributed by atoms with Gasteiger partial charge >= 0.3 is 0 Å². The van der Waals surface area contributed by atoms with Crippen LogP contribution in [0.3, 0.4) is 0 Å². The lowest BCUT2D eigenvalue weighted by molar-refractivity contribution is -0.139. The highest BCUT2D eigenvalue weighted by atomic mass is 16.5. The van der Waals surface area contributed by atoms with Gasteiger partial charge in [-0.2, -0.15) is 0 Å².